The van der Waals surface area contributed by atoms with Gasteiger partial charge in [0.2, 0.25) is 0 Å². The van der Waals surface area contributed by atoms with E-state index in [0.717, 1.165) is 15.7 Å². The second-order valence-electron chi connectivity index (χ2n) is 7.34. The van der Waals surface area contributed by atoms with Gasteiger partial charge in [0.05, 0.1) is 5.39 Å². The maximum atomic E-state index is 12.7. The average molecular weight is 430 g/mol. The molecule has 0 atom stereocenters. The molecule has 2 heterocycles. The van der Waals surface area contributed by atoms with Crippen LogP contribution in [-0.4, -0.2) is 20.0 Å². The molecule has 0 fully saturated rings. The summed E-state index contributed by atoms with van der Waals surface area (Å²) < 4.78 is 8.19. The predicted molar refractivity (Wildman–Crippen MR) is 121 cm³/mol. The first-order valence-corrected chi connectivity index (χ1v) is 10.1. The van der Waals surface area contributed by atoms with Crippen LogP contribution in [0.25, 0.3) is 11.0 Å². The van der Waals surface area contributed by atoms with Crippen LogP contribution < -0.4 is 21.3 Å². The molecule has 1 amide bonds. The first-order valence-electron chi connectivity index (χ1n) is 10.1. The Morgan fingerprint density at radius 1 is 0.938 bits per heavy atom. The van der Waals surface area contributed by atoms with Gasteiger partial charge in [-0.25, -0.2) is 9.78 Å². The number of benzene rings is 2. The number of nitrogens with zero attached hydrogens (tertiary/aromatic N) is 3. The normalized spacial score (nSPS) is 10.8. The number of rotatable bonds is 6. The Morgan fingerprint density at radius 3 is 2.44 bits per heavy atom. The van der Waals surface area contributed by atoms with E-state index in [1.807, 2.05) is 54.6 Å². The number of hydrogen-bond donors (Lipinski definition) is 1. The Kier molecular flexibility index (Phi) is 5.85. The second kappa shape index (κ2) is 8.89. The highest BCUT2D eigenvalue weighted by atomic mass is 16.5. The van der Waals surface area contributed by atoms with E-state index >= 15 is 0 Å². The van der Waals surface area contributed by atoms with Crippen molar-refractivity contribution in [3.05, 3.63) is 104 Å². The van der Waals surface area contributed by atoms with Crippen LogP contribution in [0.15, 0.2) is 76.3 Å². The third-order valence-electron chi connectivity index (χ3n) is 5.18. The summed E-state index contributed by atoms with van der Waals surface area (Å²) in [6.07, 6.45) is 0. The summed E-state index contributed by atoms with van der Waals surface area (Å²) in [5, 5.41) is 3.10. The molecule has 4 aromatic rings. The van der Waals surface area contributed by atoms with Gasteiger partial charge in [-0.15, -0.1) is 0 Å². The molecule has 0 bridgehead atoms. The Bertz CT molecular complexity index is 1410. The second-order valence-corrected chi connectivity index (χ2v) is 7.34. The summed E-state index contributed by atoms with van der Waals surface area (Å²) in [5.41, 5.74) is 1.19. The van der Waals surface area contributed by atoms with Crippen LogP contribution in [0.1, 0.15) is 21.6 Å². The van der Waals surface area contributed by atoms with E-state index in [1.54, 1.807) is 0 Å². The fourth-order valence-corrected chi connectivity index (χ4v) is 3.37. The molecule has 162 valence electrons. The Morgan fingerprint density at radius 2 is 1.66 bits per heavy atom. The van der Waals surface area contributed by atoms with Crippen molar-refractivity contribution in [3.63, 3.8) is 0 Å². The van der Waals surface area contributed by atoms with E-state index in [9.17, 15) is 14.4 Å². The van der Waals surface area contributed by atoms with Crippen molar-refractivity contribution in [3.8, 4) is 5.75 Å². The number of para-hydroxylation sites is 1. The number of aromatic nitrogens is 3. The van der Waals surface area contributed by atoms with Crippen molar-refractivity contribution in [2.24, 2.45) is 14.1 Å². The van der Waals surface area contributed by atoms with E-state index in [1.165, 1.54) is 30.8 Å². The zero-order valence-corrected chi connectivity index (χ0v) is 17.7. The van der Waals surface area contributed by atoms with Crippen molar-refractivity contribution in [2.45, 2.75) is 13.2 Å². The van der Waals surface area contributed by atoms with Gasteiger partial charge in [0.15, 0.2) is 0 Å². The summed E-state index contributed by atoms with van der Waals surface area (Å²) in [7, 11) is 2.92. The third-order valence-corrected chi connectivity index (χ3v) is 5.18. The Hall–Kier alpha value is -4.20. The van der Waals surface area contributed by atoms with Crippen LogP contribution >= 0.6 is 0 Å². The zero-order chi connectivity index (χ0) is 22.7. The highest BCUT2D eigenvalue weighted by molar-refractivity contribution is 5.94. The summed E-state index contributed by atoms with van der Waals surface area (Å²) >= 11 is 0. The van der Waals surface area contributed by atoms with Crippen LogP contribution in [-0.2, 0) is 27.2 Å². The number of aryl methyl sites for hydroxylation is 1. The van der Waals surface area contributed by atoms with Crippen molar-refractivity contribution < 1.29 is 9.53 Å². The fraction of sp³-hybridized carbons (Fsp3) is 0.167. The largest absolute Gasteiger partial charge is 0.489 e. The molecule has 8 heteroatoms. The lowest BCUT2D eigenvalue weighted by Gasteiger charge is -2.13. The molecule has 0 saturated heterocycles. The Labute approximate surface area is 183 Å². The summed E-state index contributed by atoms with van der Waals surface area (Å²) in [4.78, 5) is 41.4. The van der Waals surface area contributed by atoms with Crippen molar-refractivity contribution in [1.82, 2.24) is 19.4 Å². The maximum absolute atomic E-state index is 12.7. The van der Waals surface area contributed by atoms with Crippen molar-refractivity contribution in [1.29, 1.82) is 0 Å². The molecular weight excluding hydrogens is 408 g/mol. The minimum Gasteiger partial charge on any atom is -0.489 e. The lowest BCUT2D eigenvalue weighted by molar-refractivity contribution is 0.0946. The molecular formula is C24H22N4O4. The van der Waals surface area contributed by atoms with Gasteiger partial charge in [0, 0.05) is 26.2 Å². The van der Waals surface area contributed by atoms with Crippen LogP contribution in [0.5, 0.6) is 5.75 Å². The van der Waals surface area contributed by atoms with Crippen LogP contribution in [0.4, 0.5) is 0 Å². The molecule has 32 heavy (non-hydrogen) atoms. The number of amides is 1. The molecule has 0 radical (unpaired) electrons. The van der Waals surface area contributed by atoms with E-state index in [0.29, 0.717) is 12.4 Å². The van der Waals surface area contributed by atoms with Crippen LogP contribution in [0, 0.1) is 0 Å². The van der Waals surface area contributed by atoms with Crippen LogP contribution in [0.3, 0.4) is 0 Å². The number of pyridine rings is 1. The van der Waals surface area contributed by atoms with Gasteiger partial charge in [-0.3, -0.25) is 18.7 Å². The highest BCUT2D eigenvalue weighted by Crippen LogP contribution is 2.19. The average Bonchev–Trinajstić information content (AvgIpc) is 2.84. The van der Waals surface area contributed by atoms with Gasteiger partial charge in [-0.05, 0) is 23.8 Å². The van der Waals surface area contributed by atoms with Crippen molar-refractivity contribution >= 4 is 16.9 Å². The van der Waals surface area contributed by atoms with Gasteiger partial charge < -0.3 is 10.1 Å². The van der Waals surface area contributed by atoms with E-state index in [2.05, 4.69) is 10.3 Å². The lowest BCUT2D eigenvalue weighted by Crippen LogP contribution is -2.37. The maximum Gasteiger partial charge on any atom is 0.332 e. The van der Waals surface area contributed by atoms with Crippen molar-refractivity contribution in [2.75, 3.05) is 0 Å². The number of carbonyl (C=O) groups excluding carboxylic acids is 1. The van der Waals surface area contributed by atoms with Gasteiger partial charge in [-0.2, -0.15) is 0 Å². The summed E-state index contributed by atoms with van der Waals surface area (Å²) in [5.74, 6) is 0.256. The topological polar surface area (TPSA) is 95.2 Å². The smallest absolute Gasteiger partial charge is 0.332 e. The standard InChI is InChI=1S/C24H22N4O4/c1-27-21-18(23(30)28(2)24(27)31)12-13-19(26-21)22(29)25-14-17-10-6-7-11-20(17)32-15-16-8-4-3-5-9-16/h3-13H,14-15H2,1-2H3,(H,25,29). The first kappa shape index (κ1) is 21.0. The quantitative estimate of drug-likeness (QED) is 0.506. The summed E-state index contributed by atoms with van der Waals surface area (Å²) in [6, 6.07) is 20.3. The molecule has 0 aliphatic heterocycles. The molecule has 0 aliphatic carbocycles. The first-order chi connectivity index (χ1) is 15.5. The summed E-state index contributed by atoms with van der Waals surface area (Å²) in [6.45, 7) is 0.653. The molecule has 0 saturated carbocycles. The monoisotopic (exact) mass is 430 g/mol. The molecule has 2 aromatic heterocycles. The van der Waals surface area contributed by atoms with E-state index in [4.69, 9.17) is 4.74 Å². The SMILES string of the molecule is Cn1c(=O)c2ccc(C(=O)NCc3ccccc3OCc3ccccc3)nc2n(C)c1=O. The minimum absolute atomic E-state index is 0.114. The van der Waals surface area contributed by atoms with Gasteiger partial charge in [-0.1, -0.05) is 48.5 Å². The fourth-order valence-electron chi connectivity index (χ4n) is 3.37. The minimum atomic E-state index is -0.503. The lowest BCUT2D eigenvalue weighted by atomic mass is 10.2. The number of hydrogen-bond acceptors (Lipinski definition) is 5. The van der Waals surface area contributed by atoms with E-state index < -0.39 is 17.2 Å². The molecule has 4 rings (SSSR count). The third kappa shape index (κ3) is 4.15. The molecule has 0 aliphatic rings. The molecule has 0 spiro atoms. The van der Waals surface area contributed by atoms with E-state index in [-0.39, 0.29) is 23.3 Å². The number of fused-ring (bicyclic) bond motifs is 1. The van der Waals surface area contributed by atoms with Crippen LogP contribution in [0.2, 0.25) is 0 Å². The van der Waals surface area contributed by atoms with Gasteiger partial charge in [0.25, 0.3) is 11.5 Å². The molecule has 0 unspecified atom stereocenters. The highest BCUT2D eigenvalue weighted by Gasteiger charge is 2.14. The molecule has 2 aromatic carbocycles. The molecule has 1 N–H and O–H groups in total. The Balaban J connectivity index is 1.51. The number of nitrogens with one attached hydrogen (secondary N) is 1. The molecule has 8 nitrogen and oxygen atoms in total. The number of ether oxygens (including phenoxy) is 1. The van der Waals surface area contributed by atoms with Gasteiger partial charge >= 0.3 is 5.69 Å². The van der Waals surface area contributed by atoms with Gasteiger partial charge in [0.1, 0.15) is 23.7 Å². The number of carbonyl (C=O) groups is 1. The predicted octanol–water partition coefficient (Wildman–Crippen LogP) is 2.14. The zero-order valence-electron chi connectivity index (χ0n) is 17.7.